The molecule has 110 valence electrons. The fourth-order valence-electron chi connectivity index (χ4n) is 3.51. The van der Waals surface area contributed by atoms with E-state index in [1.54, 1.807) is 0 Å². The predicted molar refractivity (Wildman–Crippen MR) is 79.7 cm³/mol. The van der Waals surface area contributed by atoms with Crippen LogP contribution in [0.3, 0.4) is 0 Å². The van der Waals surface area contributed by atoms with Gasteiger partial charge in [0.2, 0.25) is 0 Å². The molecule has 1 aromatic carbocycles. The first-order valence-electron chi connectivity index (χ1n) is 7.87. The van der Waals surface area contributed by atoms with Crippen molar-refractivity contribution in [1.29, 1.82) is 0 Å². The highest BCUT2D eigenvalue weighted by Crippen LogP contribution is 2.25. The first-order valence-corrected chi connectivity index (χ1v) is 7.87. The first kappa shape index (κ1) is 14.1. The second-order valence-electron chi connectivity index (χ2n) is 6.16. The van der Waals surface area contributed by atoms with Gasteiger partial charge < -0.3 is 9.84 Å². The molecule has 2 aliphatic heterocycles. The standard InChI is InChI=1S/C17H25NO2/c19-17-6-9-18(13-15-7-10-20-11-8-15)16(17)12-14-4-2-1-3-5-14/h1-5,15-17,19H,6-13H2/t16-,17+/m0/s1. The fourth-order valence-corrected chi connectivity index (χ4v) is 3.51. The van der Waals surface area contributed by atoms with E-state index in [0.717, 1.165) is 45.1 Å². The molecular weight excluding hydrogens is 250 g/mol. The van der Waals surface area contributed by atoms with Gasteiger partial charge in [-0.1, -0.05) is 30.3 Å². The van der Waals surface area contributed by atoms with Gasteiger partial charge in [-0.05, 0) is 37.2 Å². The molecule has 2 aliphatic rings. The summed E-state index contributed by atoms with van der Waals surface area (Å²) >= 11 is 0. The van der Waals surface area contributed by atoms with Crippen molar-refractivity contribution in [3.8, 4) is 0 Å². The minimum absolute atomic E-state index is 0.171. The molecule has 2 fully saturated rings. The number of aliphatic hydroxyl groups excluding tert-OH is 1. The highest BCUT2D eigenvalue weighted by molar-refractivity contribution is 5.17. The van der Waals surface area contributed by atoms with Crippen LogP contribution in [0.25, 0.3) is 0 Å². The summed E-state index contributed by atoms with van der Waals surface area (Å²) in [4.78, 5) is 2.51. The van der Waals surface area contributed by atoms with Gasteiger partial charge >= 0.3 is 0 Å². The lowest BCUT2D eigenvalue weighted by Crippen LogP contribution is -2.40. The van der Waals surface area contributed by atoms with E-state index < -0.39 is 0 Å². The molecule has 0 radical (unpaired) electrons. The zero-order valence-corrected chi connectivity index (χ0v) is 12.1. The van der Waals surface area contributed by atoms with Crippen molar-refractivity contribution in [3.63, 3.8) is 0 Å². The zero-order valence-electron chi connectivity index (χ0n) is 12.1. The summed E-state index contributed by atoms with van der Waals surface area (Å²) in [6, 6.07) is 10.8. The van der Waals surface area contributed by atoms with Crippen LogP contribution in [-0.4, -0.2) is 48.5 Å². The van der Waals surface area contributed by atoms with Crippen LogP contribution in [0, 0.1) is 5.92 Å². The molecule has 0 bridgehead atoms. The molecule has 0 aliphatic carbocycles. The quantitative estimate of drug-likeness (QED) is 0.913. The average molecular weight is 275 g/mol. The lowest BCUT2D eigenvalue weighted by atomic mass is 9.97. The highest BCUT2D eigenvalue weighted by Gasteiger charge is 2.34. The smallest absolute Gasteiger partial charge is 0.0710 e. The molecule has 1 N–H and O–H groups in total. The highest BCUT2D eigenvalue weighted by atomic mass is 16.5. The van der Waals surface area contributed by atoms with Crippen molar-refractivity contribution in [2.45, 2.75) is 37.8 Å². The van der Waals surface area contributed by atoms with Crippen molar-refractivity contribution in [3.05, 3.63) is 35.9 Å². The van der Waals surface area contributed by atoms with Crippen molar-refractivity contribution in [2.24, 2.45) is 5.92 Å². The van der Waals surface area contributed by atoms with E-state index in [1.807, 2.05) is 6.07 Å². The number of ether oxygens (including phenoxy) is 1. The third-order valence-electron chi connectivity index (χ3n) is 4.75. The van der Waals surface area contributed by atoms with Crippen LogP contribution in [0.2, 0.25) is 0 Å². The molecule has 0 aromatic heterocycles. The second-order valence-corrected chi connectivity index (χ2v) is 6.16. The Balaban J connectivity index is 1.61. The van der Waals surface area contributed by atoms with E-state index >= 15 is 0 Å². The number of nitrogens with zero attached hydrogens (tertiary/aromatic N) is 1. The normalized spacial score (nSPS) is 28.9. The molecule has 2 atom stereocenters. The van der Waals surface area contributed by atoms with Crippen LogP contribution in [0.1, 0.15) is 24.8 Å². The minimum atomic E-state index is -0.171. The third-order valence-corrected chi connectivity index (χ3v) is 4.75. The molecule has 3 rings (SSSR count). The summed E-state index contributed by atoms with van der Waals surface area (Å²) in [7, 11) is 0. The topological polar surface area (TPSA) is 32.7 Å². The van der Waals surface area contributed by atoms with Gasteiger partial charge in [0.15, 0.2) is 0 Å². The van der Waals surface area contributed by atoms with Crippen LogP contribution in [0.5, 0.6) is 0 Å². The van der Waals surface area contributed by atoms with Crippen LogP contribution < -0.4 is 0 Å². The summed E-state index contributed by atoms with van der Waals surface area (Å²) in [5.41, 5.74) is 1.33. The van der Waals surface area contributed by atoms with Crippen LogP contribution in [-0.2, 0) is 11.2 Å². The van der Waals surface area contributed by atoms with Crippen molar-refractivity contribution in [2.75, 3.05) is 26.3 Å². The van der Waals surface area contributed by atoms with Crippen LogP contribution >= 0.6 is 0 Å². The van der Waals surface area contributed by atoms with Crippen molar-refractivity contribution >= 4 is 0 Å². The van der Waals surface area contributed by atoms with E-state index in [-0.39, 0.29) is 6.10 Å². The lowest BCUT2D eigenvalue weighted by Gasteiger charge is -2.31. The Morgan fingerprint density at radius 1 is 1.10 bits per heavy atom. The van der Waals surface area contributed by atoms with Gasteiger partial charge in [0.1, 0.15) is 0 Å². The van der Waals surface area contributed by atoms with Gasteiger partial charge in [-0.25, -0.2) is 0 Å². The second kappa shape index (κ2) is 6.70. The third kappa shape index (κ3) is 3.40. The number of likely N-dealkylation sites (tertiary alicyclic amines) is 1. The maximum Gasteiger partial charge on any atom is 0.0710 e. The van der Waals surface area contributed by atoms with E-state index in [2.05, 4.69) is 29.2 Å². The van der Waals surface area contributed by atoms with E-state index in [1.165, 1.54) is 18.4 Å². The number of aliphatic hydroxyl groups is 1. The van der Waals surface area contributed by atoms with Crippen LogP contribution in [0.4, 0.5) is 0 Å². The Kier molecular flexibility index (Phi) is 4.71. The Morgan fingerprint density at radius 3 is 2.60 bits per heavy atom. The fraction of sp³-hybridized carbons (Fsp3) is 0.647. The molecule has 0 unspecified atom stereocenters. The zero-order chi connectivity index (χ0) is 13.8. The first-order chi connectivity index (χ1) is 9.83. The molecule has 20 heavy (non-hydrogen) atoms. The molecule has 3 heteroatoms. The maximum absolute atomic E-state index is 10.3. The molecule has 2 saturated heterocycles. The molecule has 0 amide bonds. The summed E-state index contributed by atoms with van der Waals surface area (Å²) < 4.78 is 5.44. The predicted octanol–water partition coefficient (Wildman–Crippen LogP) is 2.09. The molecule has 3 nitrogen and oxygen atoms in total. The van der Waals surface area contributed by atoms with E-state index in [0.29, 0.717) is 6.04 Å². The van der Waals surface area contributed by atoms with Gasteiger partial charge in [-0.15, -0.1) is 0 Å². The van der Waals surface area contributed by atoms with E-state index in [4.69, 9.17) is 4.74 Å². The number of rotatable bonds is 4. The summed E-state index contributed by atoms with van der Waals surface area (Å²) in [5.74, 6) is 0.743. The monoisotopic (exact) mass is 275 g/mol. The Bertz CT molecular complexity index is 403. The Hall–Kier alpha value is -0.900. The summed E-state index contributed by atoms with van der Waals surface area (Å²) in [5, 5.41) is 10.3. The average Bonchev–Trinajstić information content (AvgIpc) is 2.83. The van der Waals surface area contributed by atoms with Gasteiger partial charge in [0.25, 0.3) is 0 Å². The number of benzene rings is 1. The van der Waals surface area contributed by atoms with Gasteiger partial charge in [0.05, 0.1) is 6.10 Å². The van der Waals surface area contributed by atoms with Gasteiger partial charge in [0, 0.05) is 32.3 Å². The van der Waals surface area contributed by atoms with E-state index in [9.17, 15) is 5.11 Å². The maximum atomic E-state index is 10.3. The number of hydrogen-bond acceptors (Lipinski definition) is 3. The van der Waals surface area contributed by atoms with Crippen molar-refractivity contribution < 1.29 is 9.84 Å². The van der Waals surface area contributed by atoms with Crippen molar-refractivity contribution in [1.82, 2.24) is 4.90 Å². The molecule has 0 spiro atoms. The minimum Gasteiger partial charge on any atom is -0.391 e. The SMILES string of the molecule is O[C@@H]1CCN(CC2CCOCC2)[C@H]1Cc1ccccc1. The molecule has 1 aromatic rings. The van der Waals surface area contributed by atoms with Gasteiger partial charge in [-0.2, -0.15) is 0 Å². The Labute approximate surface area is 121 Å². The largest absolute Gasteiger partial charge is 0.391 e. The summed E-state index contributed by atoms with van der Waals surface area (Å²) in [6.07, 6.45) is 4.05. The molecular formula is C17H25NO2. The van der Waals surface area contributed by atoms with Crippen LogP contribution in [0.15, 0.2) is 30.3 Å². The summed E-state index contributed by atoms with van der Waals surface area (Å²) in [6.45, 7) is 3.97. The number of hydrogen-bond donors (Lipinski definition) is 1. The Morgan fingerprint density at radius 2 is 1.85 bits per heavy atom. The lowest BCUT2D eigenvalue weighted by molar-refractivity contribution is 0.0434. The molecule has 2 heterocycles. The van der Waals surface area contributed by atoms with Gasteiger partial charge in [-0.3, -0.25) is 4.90 Å². The molecule has 0 saturated carbocycles.